The van der Waals surface area contributed by atoms with Gasteiger partial charge in [-0.05, 0) is 31.5 Å². The van der Waals surface area contributed by atoms with Crippen molar-refractivity contribution in [2.75, 3.05) is 10.6 Å². The maximum atomic E-state index is 12.3. The molecule has 2 N–H and O–H groups in total. The number of rotatable bonds is 6. The van der Waals surface area contributed by atoms with Gasteiger partial charge in [0.1, 0.15) is 0 Å². The molecule has 0 saturated heterocycles. The summed E-state index contributed by atoms with van der Waals surface area (Å²) in [5, 5.41) is 5.74. The fourth-order valence-electron chi connectivity index (χ4n) is 1.77. The van der Waals surface area contributed by atoms with Gasteiger partial charge in [-0.2, -0.15) is 0 Å². The summed E-state index contributed by atoms with van der Waals surface area (Å²) in [7, 11) is 0. The number of hydrogen-bond donors (Lipinski definition) is 2. The van der Waals surface area contributed by atoms with E-state index >= 15 is 0 Å². The highest BCUT2D eigenvalue weighted by Gasteiger charge is 2.26. The van der Waals surface area contributed by atoms with Crippen LogP contribution in [0, 0.1) is 11.3 Å². The van der Waals surface area contributed by atoms with E-state index in [0.29, 0.717) is 17.8 Å². The topological polar surface area (TPSA) is 58.2 Å². The Bertz CT molecular complexity index is 560. The van der Waals surface area contributed by atoms with Gasteiger partial charge >= 0.3 is 0 Å². The Morgan fingerprint density at radius 3 is 2.32 bits per heavy atom. The summed E-state index contributed by atoms with van der Waals surface area (Å²) in [6.07, 6.45) is 4.61. The van der Waals surface area contributed by atoms with Crippen molar-refractivity contribution in [3.8, 4) is 0 Å². The molecule has 0 radical (unpaired) electrons. The Kier molecular flexibility index (Phi) is 6.35. The van der Waals surface area contributed by atoms with E-state index in [1.54, 1.807) is 12.1 Å². The van der Waals surface area contributed by atoms with Crippen molar-refractivity contribution in [1.82, 2.24) is 0 Å². The highest BCUT2D eigenvalue weighted by atomic mass is 16.2. The molecule has 0 fully saturated rings. The minimum atomic E-state index is -0.482. The average molecular weight is 302 g/mol. The van der Waals surface area contributed by atoms with Crippen molar-refractivity contribution in [3.63, 3.8) is 0 Å². The largest absolute Gasteiger partial charge is 0.326 e. The fourth-order valence-corrected chi connectivity index (χ4v) is 1.77. The Labute approximate surface area is 133 Å². The quantitative estimate of drug-likeness (QED) is 0.773. The first kappa shape index (κ1) is 18.0. The Hall–Kier alpha value is -2.10. The SMILES string of the molecule is CC=CCC(C)(C)C(=O)Nc1cccc(NC(=O)C(C)C)c1. The minimum Gasteiger partial charge on any atom is -0.326 e. The van der Waals surface area contributed by atoms with Gasteiger partial charge in [-0.25, -0.2) is 0 Å². The molecule has 22 heavy (non-hydrogen) atoms. The molecule has 0 saturated carbocycles. The lowest BCUT2D eigenvalue weighted by Gasteiger charge is -2.22. The fraction of sp³-hybridized carbons (Fsp3) is 0.444. The van der Waals surface area contributed by atoms with Crippen LogP contribution >= 0.6 is 0 Å². The van der Waals surface area contributed by atoms with Crippen molar-refractivity contribution in [1.29, 1.82) is 0 Å². The van der Waals surface area contributed by atoms with Crippen LogP contribution in [0.3, 0.4) is 0 Å². The van der Waals surface area contributed by atoms with Crippen molar-refractivity contribution in [2.24, 2.45) is 11.3 Å². The van der Waals surface area contributed by atoms with Gasteiger partial charge in [0.05, 0.1) is 0 Å². The van der Waals surface area contributed by atoms with E-state index in [4.69, 9.17) is 0 Å². The van der Waals surface area contributed by atoms with E-state index in [2.05, 4.69) is 10.6 Å². The lowest BCUT2D eigenvalue weighted by Crippen LogP contribution is -2.30. The van der Waals surface area contributed by atoms with E-state index < -0.39 is 5.41 Å². The van der Waals surface area contributed by atoms with Crippen LogP contribution in [-0.4, -0.2) is 11.8 Å². The molecule has 0 bridgehead atoms. The molecule has 0 aliphatic carbocycles. The average Bonchev–Trinajstić information content (AvgIpc) is 2.45. The molecule has 0 heterocycles. The van der Waals surface area contributed by atoms with E-state index in [9.17, 15) is 9.59 Å². The number of allylic oxidation sites excluding steroid dienone is 2. The summed E-state index contributed by atoms with van der Waals surface area (Å²) in [4.78, 5) is 24.1. The third-order valence-electron chi connectivity index (χ3n) is 3.39. The van der Waals surface area contributed by atoms with Crippen LogP contribution in [0.25, 0.3) is 0 Å². The summed E-state index contributed by atoms with van der Waals surface area (Å²) in [5.41, 5.74) is 0.881. The predicted octanol–water partition coefficient (Wildman–Crippen LogP) is 4.21. The van der Waals surface area contributed by atoms with Gasteiger partial charge in [-0.1, -0.05) is 45.9 Å². The van der Waals surface area contributed by atoms with Crippen molar-refractivity contribution in [3.05, 3.63) is 36.4 Å². The monoisotopic (exact) mass is 302 g/mol. The zero-order valence-corrected chi connectivity index (χ0v) is 14.1. The second-order valence-electron chi connectivity index (χ2n) is 6.34. The van der Waals surface area contributed by atoms with E-state index in [1.807, 2.05) is 58.9 Å². The number of nitrogens with one attached hydrogen (secondary N) is 2. The summed E-state index contributed by atoms with van der Waals surface area (Å²) in [5.74, 6) is -0.173. The molecule has 0 atom stereocenters. The van der Waals surface area contributed by atoms with Crippen LogP contribution < -0.4 is 10.6 Å². The number of anilines is 2. The molecule has 0 aliphatic heterocycles. The summed E-state index contributed by atoms with van der Waals surface area (Å²) in [6.45, 7) is 9.43. The van der Waals surface area contributed by atoms with Crippen LogP contribution in [-0.2, 0) is 9.59 Å². The number of carbonyl (C=O) groups is 2. The van der Waals surface area contributed by atoms with Crippen LogP contribution in [0.15, 0.2) is 36.4 Å². The van der Waals surface area contributed by atoms with Gasteiger partial charge in [-0.3, -0.25) is 9.59 Å². The third kappa shape index (κ3) is 5.35. The molecule has 0 spiro atoms. The van der Waals surface area contributed by atoms with E-state index in [1.165, 1.54) is 0 Å². The van der Waals surface area contributed by atoms with E-state index in [0.717, 1.165) is 0 Å². The van der Waals surface area contributed by atoms with Crippen LogP contribution in [0.1, 0.15) is 41.0 Å². The maximum absolute atomic E-state index is 12.3. The highest BCUT2D eigenvalue weighted by Crippen LogP contribution is 2.24. The zero-order chi connectivity index (χ0) is 16.8. The first-order valence-corrected chi connectivity index (χ1v) is 7.60. The molecule has 4 heteroatoms. The smallest absolute Gasteiger partial charge is 0.230 e. The van der Waals surface area contributed by atoms with Gasteiger partial charge < -0.3 is 10.6 Å². The van der Waals surface area contributed by atoms with Gasteiger partial charge in [0.2, 0.25) is 11.8 Å². The number of amides is 2. The minimum absolute atomic E-state index is 0.0436. The summed E-state index contributed by atoms with van der Waals surface area (Å²) in [6, 6.07) is 7.20. The summed E-state index contributed by atoms with van der Waals surface area (Å²) < 4.78 is 0. The van der Waals surface area contributed by atoms with Gasteiger partial charge in [-0.15, -0.1) is 0 Å². The second-order valence-corrected chi connectivity index (χ2v) is 6.34. The van der Waals surface area contributed by atoms with Crippen molar-refractivity contribution in [2.45, 2.75) is 41.0 Å². The van der Waals surface area contributed by atoms with Crippen LogP contribution in [0.2, 0.25) is 0 Å². The maximum Gasteiger partial charge on any atom is 0.230 e. The molecule has 120 valence electrons. The number of hydrogen-bond acceptors (Lipinski definition) is 2. The lowest BCUT2D eigenvalue weighted by molar-refractivity contribution is -0.123. The molecule has 0 unspecified atom stereocenters. The normalized spacial score (nSPS) is 11.7. The molecular weight excluding hydrogens is 276 g/mol. The Balaban J connectivity index is 2.78. The first-order valence-electron chi connectivity index (χ1n) is 7.60. The second kappa shape index (κ2) is 7.78. The predicted molar refractivity (Wildman–Crippen MR) is 91.8 cm³/mol. The molecule has 1 aromatic carbocycles. The standard InChI is InChI=1S/C18H26N2O2/c1-6-7-11-18(4,5)17(22)20-15-10-8-9-14(12-15)19-16(21)13(2)3/h6-10,12-13H,11H2,1-5H3,(H,19,21)(H,20,22). The van der Waals surface area contributed by atoms with Gasteiger partial charge in [0.15, 0.2) is 0 Å². The molecule has 1 aromatic rings. The molecule has 0 aromatic heterocycles. The Morgan fingerprint density at radius 2 is 1.77 bits per heavy atom. The molecule has 0 aliphatic rings. The van der Waals surface area contributed by atoms with E-state index in [-0.39, 0.29) is 17.7 Å². The van der Waals surface area contributed by atoms with Crippen LogP contribution in [0.4, 0.5) is 11.4 Å². The van der Waals surface area contributed by atoms with Gasteiger partial charge in [0, 0.05) is 22.7 Å². The number of carbonyl (C=O) groups excluding carboxylic acids is 2. The molecule has 2 amide bonds. The molecular formula is C18H26N2O2. The van der Waals surface area contributed by atoms with Crippen molar-refractivity contribution >= 4 is 23.2 Å². The molecule has 1 rings (SSSR count). The van der Waals surface area contributed by atoms with Crippen molar-refractivity contribution < 1.29 is 9.59 Å². The van der Waals surface area contributed by atoms with Crippen LogP contribution in [0.5, 0.6) is 0 Å². The highest BCUT2D eigenvalue weighted by molar-refractivity contribution is 5.96. The van der Waals surface area contributed by atoms with Gasteiger partial charge in [0.25, 0.3) is 0 Å². The summed E-state index contributed by atoms with van der Waals surface area (Å²) >= 11 is 0. The zero-order valence-electron chi connectivity index (χ0n) is 14.1. The number of benzene rings is 1. The first-order chi connectivity index (χ1) is 10.3. The Morgan fingerprint density at radius 1 is 1.18 bits per heavy atom. The third-order valence-corrected chi connectivity index (χ3v) is 3.39. The lowest BCUT2D eigenvalue weighted by atomic mass is 9.88. The molecule has 4 nitrogen and oxygen atoms in total.